The van der Waals surface area contributed by atoms with Crippen LogP contribution in [0.2, 0.25) is 0 Å². The van der Waals surface area contributed by atoms with Gasteiger partial charge >= 0.3 is 0 Å². The molecule has 2 rings (SSSR count). The number of amides is 1. The molecular formula is C11H14N2O3. The van der Waals surface area contributed by atoms with Crippen LogP contribution in [0.1, 0.15) is 23.8 Å². The highest BCUT2D eigenvalue weighted by Gasteiger charge is 2.42. The highest BCUT2D eigenvalue weighted by atomic mass is 16.3. The fourth-order valence-corrected chi connectivity index (χ4v) is 1.77. The first kappa shape index (κ1) is 10.9. The van der Waals surface area contributed by atoms with Gasteiger partial charge < -0.3 is 15.0 Å². The van der Waals surface area contributed by atoms with Gasteiger partial charge in [0.05, 0.1) is 18.7 Å². The van der Waals surface area contributed by atoms with Crippen molar-refractivity contribution in [3.05, 3.63) is 34.2 Å². The molecule has 1 aliphatic heterocycles. The lowest BCUT2D eigenvalue weighted by Crippen LogP contribution is -2.63. The number of carbonyl (C=O) groups is 1. The maximum Gasteiger partial charge on any atom is 0.270 e. The molecule has 5 heteroatoms. The van der Waals surface area contributed by atoms with Crippen LogP contribution < -0.4 is 5.56 Å². The summed E-state index contributed by atoms with van der Waals surface area (Å²) in [7, 11) is 0. The number of nitrogens with zero attached hydrogens (tertiary/aromatic N) is 1. The van der Waals surface area contributed by atoms with E-state index in [1.54, 1.807) is 6.07 Å². The maximum atomic E-state index is 11.8. The van der Waals surface area contributed by atoms with Crippen LogP contribution in [-0.2, 0) is 0 Å². The van der Waals surface area contributed by atoms with E-state index in [0.717, 1.165) is 0 Å². The molecule has 1 aliphatic rings. The normalized spacial score (nSPS) is 18.0. The molecule has 0 aliphatic carbocycles. The van der Waals surface area contributed by atoms with Gasteiger partial charge in [-0.1, -0.05) is 13.0 Å². The minimum Gasteiger partial charge on any atom is -0.386 e. The maximum absolute atomic E-state index is 11.8. The van der Waals surface area contributed by atoms with Gasteiger partial charge in [0.2, 0.25) is 5.56 Å². The number of pyridine rings is 1. The van der Waals surface area contributed by atoms with Gasteiger partial charge in [-0.25, -0.2) is 0 Å². The molecular weight excluding hydrogens is 208 g/mol. The number of aromatic nitrogens is 1. The van der Waals surface area contributed by atoms with Crippen molar-refractivity contribution in [1.82, 2.24) is 9.88 Å². The van der Waals surface area contributed by atoms with Crippen molar-refractivity contribution in [2.24, 2.45) is 0 Å². The quantitative estimate of drug-likeness (QED) is 0.738. The number of rotatable bonds is 2. The second-order valence-electron chi connectivity index (χ2n) is 4.17. The van der Waals surface area contributed by atoms with E-state index in [4.69, 9.17) is 0 Å². The fourth-order valence-electron chi connectivity index (χ4n) is 1.77. The van der Waals surface area contributed by atoms with E-state index in [9.17, 15) is 14.7 Å². The average Bonchev–Trinajstić information content (AvgIpc) is 2.24. The molecule has 0 bridgehead atoms. The summed E-state index contributed by atoms with van der Waals surface area (Å²) in [5, 5.41) is 9.77. The molecule has 2 heterocycles. The summed E-state index contributed by atoms with van der Waals surface area (Å²) in [6, 6.07) is 4.46. The van der Waals surface area contributed by atoms with Crippen LogP contribution in [0.15, 0.2) is 23.0 Å². The second-order valence-corrected chi connectivity index (χ2v) is 4.17. The van der Waals surface area contributed by atoms with E-state index in [2.05, 4.69) is 4.98 Å². The Morgan fingerprint density at radius 2 is 2.25 bits per heavy atom. The molecule has 2 N–H and O–H groups in total. The molecule has 0 spiro atoms. The predicted molar refractivity (Wildman–Crippen MR) is 58.2 cm³/mol. The number of H-pyrrole nitrogens is 1. The topological polar surface area (TPSA) is 73.4 Å². The fraction of sp³-hybridized carbons (Fsp3) is 0.455. The molecule has 1 fully saturated rings. The first-order valence-corrected chi connectivity index (χ1v) is 5.25. The largest absolute Gasteiger partial charge is 0.386 e. The molecule has 0 atom stereocenters. The monoisotopic (exact) mass is 222 g/mol. The number of carbonyl (C=O) groups excluding carboxylic acids is 1. The zero-order chi connectivity index (χ0) is 11.8. The summed E-state index contributed by atoms with van der Waals surface area (Å²) in [6.45, 7) is 2.55. The smallest absolute Gasteiger partial charge is 0.270 e. The van der Waals surface area contributed by atoms with Crippen molar-refractivity contribution in [1.29, 1.82) is 0 Å². The number of aromatic amines is 1. The van der Waals surface area contributed by atoms with E-state index in [-0.39, 0.29) is 17.2 Å². The Hall–Kier alpha value is -1.62. The van der Waals surface area contributed by atoms with Gasteiger partial charge in [-0.3, -0.25) is 9.59 Å². The summed E-state index contributed by atoms with van der Waals surface area (Å²) in [5.41, 5.74) is -0.771. The van der Waals surface area contributed by atoms with Crippen molar-refractivity contribution >= 4 is 5.91 Å². The summed E-state index contributed by atoms with van der Waals surface area (Å²) in [5.74, 6) is -0.240. The third kappa shape index (κ3) is 1.86. The standard InChI is InChI=1S/C11H14N2O3/c1-2-11(16)6-13(7-11)10(15)8-4-3-5-9(14)12-8/h3-5,16H,2,6-7H2,1H3,(H,12,14). The van der Waals surface area contributed by atoms with Gasteiger partial charge in [0, 0.05) is 6.07 Å². The Morgan fingerprint density at radius 1 is 1.56 bits per heavy atom. The number of nitrogens with one attached hydrogen (secondary N) is 1. The summed E-state index contributed by atoms with van der Waals surface area (Å²) in [4.78, 5) is 26.9. The van der Waals surface area contributed by atoms with Crippen molar-refractivity contribution in [3.63, 3.8) is 0 Å². The molecule has 1 aromatic heterocycles. The summed E-state index contributed by atoms with van der Waals surface area (Å²) < 4.78 is 0. The molecule has 0 aromatic carbocycles. The third-order valence-corrected chi connectivity index (χ3v) is 2.91. The predicted octanol–water partition coefficient (Wildman–Crippen LogP) is -0.0282. The number of β-amino-alcohol motifs (C(OH)–C–C–N with tert-alkyl or cyclic N) is 1. The lowest BCUT2D eigenvalue weighted by atomic mass is 9.91. The van der Waals surface area contributed by atoms with Crippen LogP contribution in [0.5, 0.6) is 0 Å². The number of aliphatic hydroxyl groups is 1. The first-order chi connectivity index (χ1) is 7.54. The number of hydrogen-bond acceptors (Lipinski definition) is 3. The van der Waals surface area contributed by atoms with Crippen LogP contribution >= 0.6 is 0 Å². The highest BCUT2D eigenvalue weighted by Crippen LogP contribution is 2.24. The van der Waals surface area contributed by atoms with Gasteiger partial charge in [0.1, 0.15) is 5.69 Å². The average molecular weight is 222 g/mol. The lowest BCUT2D eigenvalue weighted by Gasteiger charge is -2.45. The van der Waals surface area contributed by atoms with E-state index < -0.39 is 5.60 Å². The molecule has 16 heavy (non-hydrogen) atoms. The molecule has 1 saturated heterocycles. The first-order valence-electron chi connectivity index (χ1n) is 5.25. The molecule has 0 unspecified atom stereocenters. The van der Waals surface area contributed by atoms with Crippen molar-refractivity contribution in [2.45, 2.75) is 18.9 Å². The van der Waals surface area contributed by atoms with Crippen LogP contribution in [0.4, 0.5) is 0 Å². The molecule has 0 radical (unpaired) electrons. The SMILES string of the molecule is CCC1(O)CN(C(=O)c2cccc(=O)[nH]2)C1. The highest BCUT2D eigenvalue weighted by molar-refractivity contribution is 5.93. The number of hydrogen-bond donors (Lipinski definition) is 2. The Balaban J connectivity index is 2.08. The van der Waals surface area contributed by atoms with Crippen molar-refractivity contribution < 1.29 is 9.90 Å². The Bertz CT molecular complexity index is 460. The number of likely N-dealkylation sites (tertiary alicyclic amines) is 1. The van der Waals surface area contributed by atoms with E-state index in [0.29, 0.717) is 19.5 Å². The van der Waals surface area contributed by atoms with E-state index >= 15 is 0 Å². The van der Waals surface area contributed by atoms with Gasteiger partial charge in [-0.2, -0.15) is 0 Å². The van der Waals surface area contributed by atoms with Crippen LogP contribution in [-0.4, -0.2) is 39.6 Å². The van der Waals surface area contributed by atoms with Crippen molar-refractivity contribution in [2.75, 3.05) is 13.1 Å². The summed E-state index contributed by atoms with van der Waals surface area (Å²) in [6.07, 6.45) is 0.627. The lowest BCUT2D eigenvalue weighted by molar-refractivity contribution is -0.0828. The minimum absolute atomic E-state index is 0.240. The Labute approximate surface area is 92.7 Å². The van der Waals surface area contributed by atoms with Gasteiger partial charge in [0.25, 0.3) is 5.91 Å². The van der Waals surface area contributed by atoms with Crippen LogP contribution in [0.25, 0.3) is 0 Å². The molecule has 1 aromatic rings. The van der Waals surface area contributed by atoms with E-state index in [1.807, 2.05) is 6.92 Å². The van der Waals surface area contributed by atoms with Gasteiger partial charge in [0.15, 0.2) is 0 Å². The Morgan fingerprint density at radius 3 is 2.81 bits per heavy atom. The molecule has 5 nitrogen and oxygen atoms in total. The molecule has 86 valence electrons. The molecule has 1 amide bonds. The zero-order valence-electron chi connectivity index (χ0n) is 9.06. The minimum atomic E-state index is -0.745. The molecule has 0 saturated carbocycles. The Kier molecular flexibility index (Phi) is 2.55. The van der Waals surface area contributed by atoms with Gasteiger partial charge in [-0.15, -0.1) is 0 Å². The summed E-state index contributed by atoms with van der Waals surface area (Å²) >= 11 is 0. The van der Waals surface area contributed by atoms with Crippen LogP contribution in [0, 0.1) is 0 Å². The third-order valence-electron chi connectivity index (χ3n) is 2.91. The zero-order valence-corrected chi connectivity index (χ0v) is 9.06. The van der Waals surface area contributed by atoms with Crippen LogP contribution in [0.3, 0.4) is 0 Å². The van der Waals surface area contributed by atoms with Gasteiger partial charge in [-0.05, 0) is 12.5 Å². The second kappa shape index (κ2) is 3.75. The van der Waals surface area contributed by atoms with E-state index in [1.165, 1.54) is 17.0 Å². The van der Waals surface area contributed by atoms with Crippen molar-refractivity contribution in [3.8, 4) is 0 Å².